The Morgan fingerprint density at radius 3 is 3.11 bits per heavy atom. The van der Waals surface area contributed by atoms with E-state index in [1.807, 2.05) is 24.3 Å². The standard InChI is InChI=1S/C20H23N5O2/c26-18(22-8-7-13-11-21-12-23-13)16-10-14-4-3-9-25(14)20(16)15-5-1-2-6-17(15)24-19(20)27/h1-2,5-6,11-12,14,16H,3-4,7-10H2,(H,21,23)(H,22,26)(H,24,27)/t14-,16-,20+/m1/s1. The summed E-state index contributed by atoms with van der Waals surface area (Å²) in [7, 11) is 0. The van der Waals surface area contributed by atoms with E-state index >= 15 is 0 Å². The average Bonchev–Trinajstić information content (AvgIpc) is 3.42. The van der Waals surface area contributed by atoms with Crippen LogP contribution in [0.2, 0.25) is 0 Å². The number of fused-ring (bicyclic) bond motifs is 4. The number of hydrogen-bond acceptors (Lipinski definition) is 4. The maximum absolute atomic E-state index is 13.2. The number of imidazole rings is 1. The van der Waals surface area contributed by atoms with Crippen LogP contribution in [0, 0.1) is 5.92 Å². The molecule has 3 N–H and O–H groups in total. The van der Waals surface area contributed by atoms with E-state index < -0.39 is 5.54 Å². The first kappa shape index (κ1) is 16.5. The van der Waals surface area contributed by atoms with Crippen molar-refractivity contribution >= 4 is 17.5 Å². The Labute approximate surface area is 157 Å². The van der Waals surface area contributed by atoms with Crippen molar-refractivity contribution < 1.29 is 9.59 Å². The number of anilines is 1. The minimum absolute atomic E-state index is 0.0317. The summed E-state index contributed by atoms with van der Waals surface area (Å²) in [4.78, 5) is 35.7. The molecule has 0 radical (unpaired) electrons. The summed E-state index contributed by atoms with van der Waals surface area (Å²) in [6, 6.07) is 8.10. The molecule has 3 aliphatic rings. The van der Waals surface area contributed by atoms with E-state index in [0.717, 1.165) is 42.8 Å². The van der Waals surface area contributed by atoms with E-state index in [2.05, 4.69) is 25.5 Å². The molecule has 2 amide bonds. The number of aromatic amines is 1. The molecule has 7 heteroatoms. The summed E-state index contributed by atoms with van der Waals surface area (Å²) in [5, 5.41) is 6.09. The zero-order valence-corrected chi connectivity index (χ0v) is 15.1. The Morgan fingerprint density at radius 2 is 2.26 bits per heavy atom. The number of rotatable bonds is 4. The first-order valence-corrected chi connectivity index (χ1v) is 9.64. The van der Waals surface area contributed by atoms with Gasteiger partial charge in [-0.25, -0.2) is 4.98 Å². The van der Waals surface area contributed by atoms with Gasteiger partial charge in [0.2, 0.25) is 11.8 Å². The van der Waals surface area contributed by atoms with Gasteiger partial charge in [0, 0.05) is 42.1 Å². The van der Waals surface area contributed by atoms with Gasteiger partial charge in [-0.15, -0.1) is 0 Å². The first-order valence-electron chi connectivity index (χ1n) is 9.64. The number of carbonyl (C=O) groups excluding carboxylic acids is 2. The molecule has 5 rings (SSSR count). The second-order valence-corrected chi connectivity index (χ2v) is 7.66. The van der Waals surface area contributed by atoms with Crippen molar-refractivity contribution in [3.05, 3.63) is 48.0 Å². The number of nitrogens with one attached hydrogen (secondary N) is 3. The summed E-state index contributed by atoms with van der Waals surface area (Å²) >= 11 is 0. The molecule has 1 aromatic carbocycles. The third-order valence-corrected chi connectivity index (χ3v) is 6.34. The minimum Gasteiger partial charge on any atom is -0.355 e. The van der Waals surface area contributed by atoms with E-state index in [1.165, 1.54) is 0 Å². The Morgan fingerprint density at radius 1 is 1.37 bits per heavy atom. The Bertz CT molecular complexity index is 880. The van der Waals surface area contributed by atoms with Crippen LogP contribution in [-0.2, 0) is 21.5 Å². The number of amides is 2. The molecule has 1 aromatic heterocycles. The van der Waals surface area contributed by atoms with Gasteiger partial charge in [0.15, 0.2) is 0 Å². The van der Waals surface area contributed by atoms with Crippen LogP contribution >= 0.6 is 0 Å². The van der Waals surface area contributed by atoms with Gasteiger partial charge in [-0.05, 0) is 31.9 Å². The molecule has 0 saturated carbocycles. The summed E-state index contributed by atoms with van der Waals surface area (Å²) in [6.07, 6.45) is 6.96. The van der Waals surface area contributed by atoms with Crippen LogP contribution in [0.3, 0.4) is 0 Å². The lowest BCUT2D eigenvalue weighted by Gasteiger charge is -2.36. The molecule has 0 unspecified atom stereocenters. The van der Waals surface area contributed by atoms with Gasteiger partial charge < -0.3 is 15.6 Å². The fraction of sp³-hybridized carbons (Fsp3) is 0.450. The van der Waals surface area contributed by atoms with E-state index in [-0.39, 0.29) is 17.7 Å². The Hall–Kier alpha value is -2.67. The van der Waals surface area contributed by atoms with Gasteiger partial charge in [0.1, 0.15) is 5.54 Å². The molecule has 0 aliphatic carbocycles. The summed E-state index contributed by atoms with van der Waals surface area (Å²) in [5.41, 5.74) is 1.91. The highest BCUT2D eigenvalue weighted by atomic mass is 16.2. The van der Waals surface area contributed by atoms with Crippen LogP contribution in [0.5, 0.6) is 0 Å². The van der Waals surface area contributed by atoms with Crippen molar-refractivity contribution in [3.63, 3.8) is 0 Å². The van der Waals surface area contributed by atoms with Crippen molar-refractivity contribution in [2.45, 2.75) is 37.3 Å². The number of nitrogens with zero attached hydrogens (tertiary/aromatic N) is 2. The molecule has 4 heterocycles. The zero-order valence-electron chi connectivity index (χ0n) is 15.1. The molecular formula is C20H23N5O2. The highest BCUT2D eigenvalue weighted by Crippen LogP contribution is 2.55. The lowest BCUT2D eigenvalue weighted by molar-refractivity contribution is -0.137. The van der Waals surface area contributed by atoms with Crippen LogP contribution in [0.25, 0.3) is 0 Å². The fourth-order valence-electron chi connectivity index (χ4n) is 5.25. The average molecular weight is 365 g/mol. The molecule has 3 aliphatic heterocycles. The fourth-order valence-corrected chi connectivity index (χ4v) is 5.25. The lowest BCUT2D eigenvalue weighted by Crippen LogP contribution is -2.54. The van der Waals surface area contributed by atoms with Crippen LogP contribution in [0.4, 0.5) is 5.69 Å². The molecule has 1 spiro atoms. The van der Waals surface area contributed by atoms with Crippen molar-refractivity contribution in [1.82, 2.24) is 20.2 Å². The highest BCUT2D eigenvalue weighted by molar-refractivity contribution is 6.09. The second-order valence-electron chi connectivity index (χ2n) is 7.66. The van der Waals surface area contributed by atoms with Crippen molar-refractivity contribution in [1.29, 1.82) is 0 Å². The van der Waals surface area contributed by atoms with Crippen LogP contribution < -0.4 is 10.6 Å². The summed E-state index contributed by atoms with van der Waals surface area (Å²) < 4.78 is 0. The van der Waals surface area contributed by atoms with Crippen molar-refractivity contribution in [3.8, 4) is 0 Å². The monoisotopic (exact) mass is 365 g/mol. The molecule has 2 aromatic rings. The Balaban J connectivity index is 1.44. The van der Waals surface area contributed by atoms with Crippen LogP contribution in [0.15, 0.2) is 36.8 Å². The summed E-state index contributed by atoms with van der Waals surface area (Å²) in [6.45, 7) is 1.39. The molecule has 3 atom stereocenters. The molecule has 7 nitrogen and oxygen atoms in total. The Kier molecular flexibility index (Phi) is 3.79. The molecule has 27 heavy (non-hydrogen) atoms. The molecule has 140 valence electrons. The predicted molar refractivity (Wildman–Crippen MR) is 99.9 cm³/mol. The van der Waals surface area contributed by atoms with Gasteiger partial charge in [-0.1, -0.05) is 18.2 Å². The highest BCUT2D eigenvalue weighted by Gasteiger charge is 2.65. The molecule has 0 bridgehead atoms. The number of benzene rings is 1. The van der Waals surface area contributed by atoms with Crippen LogP contribution in [-0.4, -0.2) is 45.8 Å². The number of H-pyrrole nitrogens is 1. The van der Waals surface area contributed by atoms with E-state index in [9.17, 15) is 9.59 Å². The van der Waals surface area contributed by atoms with Gasteiger partial charge in [0.05, 0.1) is 12.2 Å². The minimum atomic E-state index is -0.865. The predicted octanol–water partition coefficient (Wildman–Crippen LogP) is 1.40. The molecular weight excluding hydrogens is 342 g/mol. The maximum atomic E-state index is 13.2. The third-order valence-electron chi connectivity index (χ3n) is 6.34. The lowest BCUT2D eigenvalue weighted by atomic mass is 9.78. The summed E-state index contributed by atoms with van der Waals surface area (Å²) in [5.74, 6) is -0.453. The van der Waals surface area contributed by atoms with E-state index in [1.54, 1.807) is 12.5 Å². The number of hydrogen-bond donors (Lipinski definition) is 3. The normalized spacial score (nSPS) is 29.0. The van der Waals surface area contributed by atoms with Gasteiger partial charge in [-0.2, -0.15) is 0 Å². The zero-order chi connectivity index (χ0) is 18.4. The largest absolute Gasteiger partial charge is 0.355 e. The van der Waals surface area contributed by atoms with E-state index in [4.69, 9.17) is 0 Å². The van der Waals surface area contributed by atoms with Crippen molar-refractivity contribution in [2.24, 2.45) is 5.92 Å². The van der Waals surface area contributed by atoms with Gasteiger partial charge in [-0.3, -0.25) is 14.5 Å². The SMILES string of the molecule is O=C(NCCc1cnc[nH]1)[C@H]1C[C@H]2CCCN2[C@]12C(=O)Nc1ccccc12. The topological polar surface area (TPSA) is 90.1 Å². The van der Waals surface area contributed by atoms with Crippen LogP contribution in [0.1, 0.15) is 30.5 Å². The second kappa shape index (κ2) is 6.20. The molecule has 2 fully saturated rings. The number of para-hydroxylation sites is 1. The number of aromatic nitrogens is 2. The van der Waals surface area contributed by atoms with E-state index in [0.29, 0.717) is 19.0 Å². The smallest absolute Gasteiger partial charge is 0.250 e. The third kappa shape index (κ3) is 2.34. The number of carbonyl (C=O) groups is 2. The first-order chi connectivity index (χ1) is 13.2. The van der Waals surface area contributed by atoms with Gasteiger partial charge >= 0.3 is 0 Å². The molecule has 2 saturated heterocycles. The quantitative estimate of drug-likeness (QED) is 0.764. The van der Waals surface area contributed by atoms with Gasteiger partial charge in [0.25, 0.3) is 0 Å². The maximum Gasteiger partial charge on any atom is 0.250 e. The van der Waals surface area contributed by atoms with Crippen molar-refractivity contribution in [2.75, 3.05) is 18.4 Å².